The van der Waals surface area contributed by atoms with Crippen molar-refractivity contribution in [3.8, 4) is 0 Å². The van der Waals surface area contributed by atoms with Crippen molar-refractivity contribution in [3.63, 3.8) is 0 Å². The van der Waals surface area contributed by atoms with Gasteiger partial charge in [-0.15, -0.1) is 11.6 Å². The molecule has 0 N–H and O–H groups in total. The van der Waals surface area contributed by atoms with Gasteiger partial charge in [0.1, 0.15) is 5.82 Å². The molecular weight excluding hydrogens is 222 g/mol. The summed E-state index contributed by atoms with van der Waals surface area (Å²) in [6.45, 7) is 2.05. The summed E-state index contributed by atoms with van der Waals surface area (Å²) in [5, 5.41) is 0.575. The molecule has 0 aromatic heterocycles. The third kappa shape index (κ3) is 3.14. The molecule has 0 aliphatic heterocycles. The fourth-order valence-corrected chi connectivity index (χ4v) is 1.84. The minimum Gasteiger partial charge on any atom is -0.207 e. The van der Waals surface area contributed by atoms with Crippen LogP contribution in [0, 0.1) is 11.7 Å². The molecule has 0 saturated heterocycles. The van der Waals surface area contributed by atoms with Gasteiger partial charge in [-0.3, -0.25) is 0 Å². The first-order valence-corrected chi connectivity index (χ1v) is 5.58. The molecule has 0 heterocycles. The van der Waals surface area contributed by atoms with Gasteiger partial charge in [-0.05, 0) is 36.1 Å². The maximum atomic E-state index is 13.3. The highest BCUT2D eigenvalue weighted by Crippen LogP contribution is 2.20. The monoisotopic (exact) mass is 234 g/mol. The first kappa shape index (κ1) is 11.8. The van der Waals surface area contributed by atoms with Crippen LogP contribution >= 0.6 is 23.2 Å². The molecular formula is C11H13Cl2F. The molecule has 14 heavy (non-hydrogen) atoms. The van der Waals surface area contributed by atoms with Crippen molar-refractivity contribution in [2.75, 3.05) is 5.88 Å². The molecule has 0 saturated carbocycles. The van der Waals surface area contributed by atoms with Crippen molar-refractivity contribution < 1.29 is 4.39 Å². The van der Waals surface area contributed by atoms with E-state index in [1.165, 1.54) is 6.07 Å². The summed E-state index contributed by atoms with van der Waals surface area (Å²) in [7, 11) is 0. The van der Waals surface area contributed by atoms with Crippen LogP contribution in [0.5, 0.6) is 0 Å². The Morgan fingerprint density at radius 3 is 2.71 bits per heavy atom. The molecule has 0 fully saturated rings. The maximum absolute atomic E-state index is 13.3. The Morgan fingerprint density at radius 1 is 1.43 bits per heavy atom. The average Bonchev–Trinajstić information content (AvgIpc) is 2.19. The number of benzene rings is 1. The average molecular weight is 235 g/mol. The molecule has 1 aromatic rings. The lowest BCUT2D eigenvalue weighted by Crippen LogP contribution is -2.06. The van der Waals surface area contributed by atoms with Gasteiger partial charge in [0, 0.05) is 10.9 Å². The molecule has 0 aliphatic rings. The Labute approximate surface area is 94.0 Å². The van der Waals surface area contributed by atoms with Crippen LogP contribution in [0.15, 0.2) is 18.2 Å². The van der Waals surface area contributed by atoms with E-state index in [-0.39, 0.29) is 5.82 Å². The molecule has 0 nitrogen and oxygen atoms in total. The zero-order valence-electron chi connectivity index (χ0n) is 8.06. The summed E-state index contributed by atoms with van der Waals surface area (Å²) in [6, 6.07) is 4.63. The van der Waals surface area contributed by atoms with E-state index in [4.69, 9.17) is 23.2 Å². The second-order valence-electron chi connectivity index (χ2n) is 3.37. The molecule has 0 radical (unpaired) electrons. The molecule has 1 aromatic carbocycles. The lowest BCUT2D eigenvalue weighted by molar-refractivity contribution is 0.536. The van der Waals surface area contributed by atoms with Crippen molar-refractivity contribution in [2.24, 2.45) is 5.92 Å². The van der Waals surface area contributed by atoms with E-state index in [0.717, 1.165) is 6.42 Å². The summed E-state index contributed by atoms with van der Waals surface area (Å²) < 4.78 is 13.3. The third-order valence-electron chi connectivity index (χ3n) is 2.31. The van der Waals surface area contributed by atoms with Gasteiger partial charge in [0.2, 0.25) is 0 Å². The minimum atomic E-state index is -0.196. The summed E-state index contributed by atoms with van der Waals surface area (Å²) in [4.78, 5) is 0. The highest BCUT2D eigenvalue weighted by molar-refractivity contribution is 6.30. The lowest BCUT2D eigenvalue weighted by Gasteiger charge is -2.11. The van der Waals surface area contributed by atoms with Crippen LogP contribution in [0.3, 0.4) is 0 Å². The molecule has 1 atom stereocenters. The number of rotatable bonds is 4. The van der Waals surface area contributed by atoms with E-state index in [1.807, 2.05) is 0 Å². The zero-order valence-corrected chi connectivity index (χ0v) is 9.58. The Kier molecular flexibility index (Phi) is 4.70. The van der Waals surface area contributed by atoms with Crippen LogP contribution in [0.2, 0.25) is 5.02 Å². The van der Waals surface area contributed by atoms with Crippen molar-refractivity contribution >= 4 is 23.2 Å². The number of hydrogen-bond donors (Lipinski definition) is 0. The fraction of sp³-hybridized carbons (Fsp3) is 0.455. The predicted octanol–water partition coefficient (Wildman–Crippen LogP) is 4.29. The van der Waals surface area contributed by atoms with Gasteiger partial charge in [-0.1, -0.05) is 24.9 Å². The Morgan fingerprint density at radius 2 is 2.14 bits per heavy atom. The van der Waals surface area contributed by atoms with Crippen molar-refractivity contribution in [1.82, 2.24) is 0 Å². The van der Waals surface area contributed by atoms with E-state index < -0.39 is 0 Å². The summed E-state index contributed by atoms with van der Waals surface area (Å²) >= 11 is 11.5. The summed E-state index contributed by atoms with van der Waals surface area (Å²) in [5.74, 6) is 0.685. The maximum Gasteiger partial charge on any atom is 0.126 e. The van der Waals surface area contributed by atoms with Gasteiger partial charge in [0.05, 0.1) is 0 Å². The van der Waals surface area contributed by atoms with Crippen LogP contribution in [0.4, 0.5) is 4.39 Å². The first-order valence-electron chi connectivity index (χ1n) is 4.67. The predicted molar refractivity (Wildman–Crippen MR) is 59.6 cm³/mol. The lowest BCUT2D eigenvalue weighted by atomic mass is 9.98. The van der Waals surface area contributed by atoms with Gasteiger partial charge in [0.25, 0.3) is 0 Å². The molecule has 0 bridgehead atoms. The quantitative estimate of drug-likeness (QED) is 0.683. The number of hydrogen-bond acceptors (Lipinski definition) is 0. The van der Waals surface area contributed by atoms with E-state index in [9.17, 15) is 4.39 Å². The highest BCUT2D eigenvalue weighted by atomic mass is 35.5. The smallest absolute Gasteiger partial charge is 0.126 e. The highest BCUT2D eigenvalue weighted by Gasteiger charge is 2.10. The van der Waals surface area contributed by atoms with E-state index >= 15 is 0 Å². The second-order valence-corrected chi connectivity index (χ2v) is 4.11. The van der Waals surface area contributed by atoms with Crippen LogP contribution in [0.25, 0.3) is 0 Å². The molecule has 0 spiro atoms. The number of alkyl halides is 1. The largest absolute Gasteiger partial charge is 0.207 e. The SMILES string of the molecule is CCC(CCl)Cc1cc(Cl)ccc1F. The molecule has 0 amide bonds. The van der Waals surface area contributed by atoms with Gasteiger partial charge in [-0.2, -0.15) is 0 Å². The van der Waals surface area contributed by atoms with Crippen molar-refractivity contribution in [1.29, 1.82) is 0 Å². The zero-order chi connectivity index (χ0) is 10.6. The first-order chi connectivity index (χ1) is 6.67. The molecule has 3 heteroatoms. The van der Waals surface area contributed by atoms with E-state index in [2.05, 4.69) is 6.92 Å². The number of halogens is 3. The molecule has 78 valence electrons. The molecule has 1 unspecified atom stereocenters. The van der Waals surface area contributed by atoms with Crippen LogP contribution < -0.4 is 0 Å². The van der Waals surface area contributed by atoms with E-state index in [0.29, 0.717) is 28.8 Å². The van der Waals surface area contributed by atoms with Gasteiger partial charge in [-0.25, -0.2) is 4.39 Å². The molecule has 0 aliphatic carbocycles. The Hall–Kier alpha value is -0.270. The van der Waals surface area contributed by atoms with Crippen LogP contribution in [0.1, 0.15) is 18.9 Å². The Bertz CT molecular complexity index is 295. The van der Waals surface area contributed by atoms with Crippen molar-refractivity contribution in [3.05, 3.63) is 34.6 Å². The second kappa shape index (κ2) is 5.57. The normalized spacial score (nSPS) is 12.9. The van der Waals surface area contributed by atoms with Gasteiger partial charge in [0.15, 0.2) is 0 Å². The van der Waals surface area contributed by atoms with Crippen LogP contribution in [-0.4, -0.2) is 5.88 Å². The standard InChI is InChI=1S/C11H13Cl2F/c1-2-8(7-12)5-9-6-10(13)3-4-11(9)14/h3-4,6,8H,2,5,7H2,1H3. The Balaban J connectivity index is 2.79. The van der Waals surface area contributed by atoms with E-state index in [1.54, 1.807) is 12.1 Å². The van der Waals surface area contributed by atoms with Gasteiger partial charge >= 0.3 is 0 Å². The molecule has 1 rings (SSSR count). The van der Waals surface area contributed by atoms with Gasteiger partial charge < -0.3 is 0 Å². The third-order valence-corrected chi connectivity index (χ3v) is 2.98. The summed E-state index contributed by atoms with van der Waals surface area (Å²) in [5.41, 5.74) is 0.657. The topological polar surface area (TPSA) is 0 Å². The van der Waals surface area contributed by atoms with Crippen molar-refractivity contribution in [2.45, 2.75) is 19.8 Å². The summed E-state index contributed by atoms with van der Waals surface area (Å²) in [6.07, 6.45) is 1.61. The fourth-order valence-electron chi connectivity index (χ4n) is 1.32. The minimum absolute atomic E-state index is 0.196. The van der Waals surface area contributed by atoms with Crippen LogP contribution in [-0.2, 0) is 6.42 Å².